The number of carbonyl (C=O) groups is 1. The van der Waals surface area contributed by atoms with Gasteiger partial charge in [-0.05, 0) is 24.3 Å². The lowest BCUT2D eigenvalue weighted by Crippen LogP contribution is -2.15. The Hall–Kier alpha value is -1.89. The molecule has 98 valence electrons. The highest BCUT2D eigenvalue weighted by atomic mass is 79.9. The zero-order valence-corrected chi connectivity index (χ0v) is 10.8. The second-order valence-electron chi connectivity index (χ2n) is 3.54. The topological polar surface area (TPSA) is 42.0 Å². The predicted octanol–water partition coefficient (Wildman–Crippen LogP) is 3.51. The average Bonchev–Trinajstić information content (AvgIpc) is 2.36. The molecule has 0 fully saturated rings. The fraction of sp³-hybridized carbons (Fsp3) is 0. The summed E-state index contributed by atoms with van der Waals surface area (Å²) < 4.78 is 40.2. The van der Waals surface area contributed by atoms with Crippen LogP contribution in [0.1, 0.15) is 10.4 Å². The Morgan fingerprint density at radius 2 is 1.95 bits per heavy atom. The van der Waals surface area contributed by atoms with Crippen LogP contribution < -0.4 is 5.32 Å². The van der Waals surface area contributed by atoms with Crippen molar-refractivity contribution in [1.82, 2.24) is 4.98 Å². The van der Waals surface area contributed by atoms with Gasteiger partial charge in [-0.25, -0.2) is 13.8 Å². The van der Waals surface area contributed by atoms with Gasteiger partial charge in [0.1, 0.15) is 5.82 Å². The normalized spacial score (nSPS) is 10.3. The summed E-state index contributed by atoms with van der Waals surface area (Å²) >= 11 is 3.06. The van der Waals surface area contributed by atoms with Crippen LogP contribution in [0.2, 0.25) is 0 Å². The van der Waals surface area contributed by atoms with Crippen LogP contribution in [0.4, 0.5) is 18.9 Å². The highest BCUT2D eigenvalue weighted by Gasteiger charge is 2.17. The van der Waals surface area contributed by atoms with Gasteiger partial charge in [-0.15, -0.1) is 0 Å². The van der Waals surface area contributed by atoms with Crippen molar-refractivity contribution in [2.75, 3.05) is 5.32 Å². The van der Waals surface area contributed by atoms with Crippen molar-refractivity contribution < 1.29 is 18.0 Å². The molecule has 3 nitrogen and oxygen atoms in total. The summed E-state index contributed by atoms with van der Waals surface area (Å²) in [6.45, 7) is 0. The van der Waals surface area contributed by atoms with Gasteiger partial charge in [0.25, 0.3) is 5.91 Å². The van der Waals surface area contributed by atoms with Crippen molar-refractivity contribution in [2.24, 2.45) is 0 Å². The molecule has 0 aliphatic rings. The van der Waals surface area contributed by atoms with Crippen LogP contribution >= 0.6 is 15.9 Å². The first-order chi connectivity index (χ1) is 8.99. The first-order valence-electron chi connectivity index (χ1n) is 5.05. The Balaban J connectivity index is 2.28. The Bertz CT molecular complexity index is 649. The lowest BCUT2D eigenvalue weighted by atomic mass is 10.2. The van der Waals surface area contributed by atoms with Crippen molar-refractivity contribution in [3.05, 3.63) is 58.1 Å². The molecular formula is C12H6BrF3N2O. The number of hydrogen-bond donors (Lipinski definition) is 1. The zero-order valence-electron chi connectivity index (χ0n) is 9.25. The van der Waals surface area contributed by atoms with Crippen LogP contribution in [-0.4, -0.2) is 10.9 Å². The summed E-state index contributed by atoms with van der Waals surface area (Å²) in [5, 5.41) is 2.15. The Labute approximate surface area is 114 Å². The first kappa shape index (κ1) is 13.5. The number of halogens is 4. The zero-order chi connectivity index (χ0) is 14.0. The Kier molecular flexibility index (Phi) is 3.84. The minimum absolute atomic E-state index is 0.134. The van der Waals surface area contributed by atoms with Gasteiger partial charge in [0.2, 0.25) is 5.95 Å². The van der Waals surface area contributed by atoms with Crippen LogP contribution in [0.25, 0.3) is 0 Å². The quantitative estimate of drug-likeness (QED) is 0.856. The number of pyridine rings is 1. The highest BCUT2D eigenvalue weighted by molar-refractivity contribution is 9.10. The van der Waals surface area contributed by atoms with E-state index in [0.29, 0.717) is 4.47 Å². The van der Waals surface area contributed by atoms with E-state index in [4.69, 9.17) is 0 Å². The highest BCUT2D eigenvalue weighted by Crippen LogP contribution is 2.20. The molecule has 2 rings (SSSR count). The largest absolute Gasteiger partial charge is 0.319 e. The summed E-state index contributed by atoms with van der Waals surface area (Å²) in [7, 11) is 0. The van der Waals surface area contributed by atoms with E-state index in [0.717, 1.165) is 18.3 Å². The van der Waals surface area contributed by atoms with Crippen LogP contribution in [0.5, 0.6) is 0 Å². The van der Waals surface area contributed by atoms with E-state index in [2.05, 4.69) is 26.2 Å². The Morgan fingerprint density at radius 1 is 1.21 bits per heavy atom. The second-order valence-corrected chi connectivity index (χ2v) is 4.46. The summed E-state index contributed by atoms with van der Waals surface area (Å²) in [6.07, 6.45) is 0.950. The van der Waals surface area contributed by atoms with Gasteiger partial charge in [-0.1, -0.05) is 15.9 Å². The minimum atomic E-state index is -1.39. The SMILES string of the molecule is O=C(Nc1ccc(Br)cc1F)c1ccnc(F)c1F. The van der Waals surface area contributed by atoms with E-state index in [-0.39, 0.29) is 5.69 Å². The Morgan fingerprint density at radius 3 is 2.63 bits per heavy atom. The molecule has 0 aliphatic carbocycles. The lowest BCUT2D eigenvalue weighted by Gasteiger charge is -2.07. The molecule has 0 unspecified atom stereocenters. The number of rotatable bonds is 2. The monoisotopic (exact) mass is 330 g/mol. The molecule has 0 saturated carbocycles. The van der Waals surface area contributed by atoms with Gasteiger partial charge in [0.15, 0.2) is 5.82 Å². The molecule has 19 heavy (non-hydrogen) atoms. The fourth-order valence-electron chi connectivity index (χ4n) is 1.37. The van der Waals surface area contributed by atoms with Crippen molar-refractivity contribution >= 4 is 27.5 Å². The molecule has 1 aromatic carbocycles. The van der Waals surface area contributed by atoms with E-state index in [1.54, 1.807) is 0 Å². The third-order valence-corrected chi connectivity index (χ3v) is 2.76. The van der Waals surface area contributed by atoms with Gasteiger partial charge < -0.3 is 5.32 Å². The molecule has 2 aromatic rings. The smallest absolute Gasteiger partial charge is 0.258 e. The number of benzene rings is 1. The molecule has 7 heteroatoms. The molecule has 1 N–H and O–H groups in total. The molecule has 0 radical (unpaired) electrons. The molecule has 1 heterocycles. The first-order valence-corrected chi connectivity index (χ1v) is 5.84. The molecule has 0 atom stereocenters. The van der Waals surface area contributed by atoms with Crippen molar-refractivity contribution in [1.29, 1.82) is 0 Å². The molecule has 1 amide bonds. The predicted molar refractivity (Wildman–Crippen MR) is 66.2 cm³/mol. The summed E-state index contributed by atoms with van der Waals surface area (Å²) in [5.41, 5.74) is -0.681. The number of anilines is 1. The maximum absolute atomic E-state index is 13.5. The van der Waals surface area contributed by atoms with Gasteiger partial charge in [-0.2, -0.15) is 4.39 Å². The van der Waals surface area contributed by atoms with E-state index in [9.17, 15) is 18.0 Å². The van der Waals surface area contributed by atoms with E-state index >= 15 is 0 Å². The van der Waals surface area contributed by atoms with Gasteiger partial charge >= 0.3 is 0 Å². The standard InChI is InChI=1S/C12H6BrF3N2O/c13-6-1-2-9(8(14)5-6)18-12(19)7-3-4-17-11(16)10(7)15/h1-5H,(H,18,19). The van der Waals surface area contributed by atoms with E-state index in [1.165, 1.54) is 12.1 Å². The maximum atomic E-state index is 13.5. The average molecular weight is 331 g/mol. The third kappa shape index (κ3) is 2.93. The van der Waals surface area contributed by atoms with Crippen LogP contribution in [0.3, 0.4) is 0 Å². The molecule has 0 spiro atoms. The van der Waals surface area contributed by atoms with Gasteiger partial charge in [0, 0.05) is 10.7 Å². The van der Waals surface area contributed by atoms with Crippen molar-refractivity contribution in [3.8, 4) is 0 Å². The maximum Gasteiger partial charge on any atom is 0.258 e. The van der Waals surface area contributed by atoms with Crippen LogP contribution in [0, 0.1) is 17.6 Å². The third-order valence-electron chi connectivity index (χ3n) is 2.27. The molecular weight excluding hydrogens is 325 g/mol. The second kappa shape index (κ2) is 5.40. The lowest BCUT2D eigenvalue weighted by molar-refractivity contribution is 0.102. The fourth-order valence-corrected chi connectivity index (χ4v) is 1.71. The molecule has 0 bridgehead atoms. The summed E-state index contributed by atoms with van der Waals surface area (Å²) in [6, 6.07) is 4.94. The minimum Gasteiger partial charge on any atom is -0.319 e. The van der Waals surface area contributed by atoms with E-state index < -0.39 is 29.1 Å². The summed E-state index contributed by atoms with van der Waals surface area (Å²) in [4.78, 5) is 14.8. The number of nitrogens with zero attached hydrogens (tertiary/aromatic N) is 1. The number of nitrogens with one attached hydrogen (secondary N) is 1. The van der Waals surface area contributed by atoms with E-state index in [1.807, 2.05) is 0 Å². The van der Waals surface area contributed by atoms with Gasteiger partial charge in [-0.3, -0.25) is 4.79 Å². The number of aromatic nitrogens is 1. The summed E-state index contributed by atoms with van der Waals surface area (Å²) in [5.74, 6) is -4.42. The number of carbonyl (C=O) groups excluding carboxylic acids is 1. The molecule has 0 aliphatic heterocycles. The molecule has 1 aromatic heterocycles. The van der Waals surface area contributed by atoms with Crippen molar-refractivity contribution in [3.63, 3.8) is 0 Å². The molecule has 0 saturated heterocycles. The number of amides is 1. The van der Waals surface area contributed by atoms with Crippen LogP contribution in [-0.2, 0) is 0 Å². The number of hydrogen-bond acceptors (Lipinski definition) is 2. The van der Waals surface area contributed by atoms with Crippen molar-refractivity contribution in [2.45, 2.75) is 0 Å². The van der Waals surface area contributed by atoms with Gasteiger partial charge in [0.05, 0.1) is 11.3 Å². The van der Waals surface area contributed by atoms with Crippen LogP contribution in [0.15, 0.2) is 34.9 Å².